The second-order valence-electron chi connectivity index (χ2n) is 4.92. The molecular formula is C16H19N5O. The average molecular weight is 297 g/mol. The van der Waals surface area contributed by atoms with Crippen LogP contribution < -0.4 is 0 Å². The van der Waals surface area contributed by atoms with E-state index in [2.05, 4.69) is 16.3 Å². The molecule has 1 amide bonds. The van der Waals surface area contributed by atoms with E-state index in [4.69, 9.17) is 5.26 Å². The lowest BCUT2D eigenvalue weighted by Gasteiger charge is -2.19. The highest BCUT2D eigenvalue weighted by molar-refractivity contribution is 5.76. The Hall–Kier alpha value is -2.68. The maximum absolute atomic E-state index is 12.3. The van der Waals surface area contributed by atoms with Gasteiger partial charge < -0.3 is 9.47 Å². The Morgan fingerprint density at radius 1 is 1.32 bits per heavy atom. The van der Waals surface area contributed by atoms with Gasteiger partial charge in [-0.15, -0.1) is 10.2 Å². The van der Waals surface area contributed by atoms with Gasteiger partial charge in [0.15, 0.2) is 5.82 Å². The average Bonchev–Trinajstić information content (AvgIpc) is 2.89. The quantitative estimate of drug-likeness (QED) is 0.846. The van der Waals surface area contributed by atoms with Gasteiger partial charge in [-0.25, -0.2) is 0 Å². The Kier molecular flexibility index (Phi) is 4.89. The molecule has 22 heavy (non-hydrogen) atoms. The van der Waals surface area contributed by atoms with Gasteiger partial charge >= 0.3 is 0 Å². The minimum Gasteiger partial charge on any atom is -0.342 e. The van der Waals surface area contributed by atoms with Gasteiger partial charge in [0.25, 0.3) is 0 Å². The van der Waals surface area contributed by atoms with Gasteiger partial charge in [0.2, 0.25) is 5.91 Å². The van der Waals surface area contributed by atoms with E-state index in [-0.39, 0.29) is 12.5 Å². The van der Waals surface area contributed by atoms with Crippen molar-refractivity contribution in [1.82, 2.24) is 19.7 Å². The fraction of sp³-hybridized carbons (Fsp3) is 0.375. The number of aryl methyl sites for hydroxylation is 1. The first-order chi connectivity index (χ1) is 10.6. The molecule has 114 valence electrons. The summed E-state index contributed by atoms with van der Waals surface area (Å²) in [6.45, 7) is 7.29. The SMILES string of the molecule is CCN(CC)C(=O)Cn1c(C)nnc1-c1cccc(C#N)c1. The normalized spacial score (nSPS) is 10.3. The fourth-order valence-corrected chi connectivity index (χ4v) is 2.32. The third kappa shape index (κ3) is 3.14. The number of amides is 1. The minimum absolute atomic E-state index is 0.0330. The second-order valence-corrected chi connectivity index (χ2v) is 4.92. The van der Waals surface area contributed by atoms with Crippen molar-refractivity contribution in [3.05, 3.63) is 35.7 Å². The number of aromatic nitrogens is 3. The molecule has 1 heterocycles. The summed E-state index contributed by atoms with van der Waals surface area (Å²) in [5.74, 6) is 1.32. The molecule has 0 aliphatic carbocycles. The van der Waals surface area contributed by atoms with Crippen molar-refractivity contribution in [3.63, 3.8) is 0 Å². The molecule has 6 heteroatoms. The number of hydrogen-bond donors (Lipinski definition) is 0. The molecule has 0 spiro atoms. The van der Waals surface area contributed by atoms with Crippen molar-refractivity contribution in [2.24, 2.45) is 0 Å². The maximum Gasteiger partial charge on any atom is 0.242 e. The first-order valence-corrected chi connectivity index (χ1v) is 7.28. The molecule has 0 N–H and O–H groups in total. The monoisotopic (exact) mass is 297 g/mol. The van der Waals surface area contributed by atoms with Gasteiger partial charge in [0, 0.05) is 18.7 Å². The summed E-state index contributed by atoms with van der Waals surface area (Å²) in [4.78, 5) is 14.1. The molecule has 0 bridgehead atoms. The van der Waals surface area contributed by atoms with Crippen LogP contribution in [-0.4, -0.2) is 38.7 Å². The number of carbonyl (C=O) groups excluding carboxylic acids is 1. The zero-order valence-corrected chi connectivity index (χ0v) is 13.1. The van der Waals surface area contributed by atoms with Crippen LogP contribution in [0.5, 0.6) is 0 Å². The van der Waals surface area contributed by atoms with Gasteiger partial charge in [0.1, 0.15) is 12.4 Å². The van der Waals surface area contributed by atoms with Gasteiger partial charge in [-0.05, 0) is 32.9 Å². The van der Waals surface area contributed by atoms with Crippen molar-refractivity contribution < 1.29 is 4.79 Å². The molecule has 0 aliphatic rings. The molecule has 1 aromatic carbocycles. The number of carbonyl (C=O) groups is 1. The van der Waals surface area contributed by atoms with Gasteiger partial charge in [0.05, 0.1) is 11.6 Å². The number of rotatable bonds is 5. The Morgan fingerprint density at radius 3 is 2.68 bits per heavy atom. The maximum atomic E-state index is 12.3. The molecule has 0 saturated carbocycles. The fourth-order valence-electron chi connectivity index (χ4n) is 2.32. The summed E-state index contributed by atoms with van der Waals surface area (Å²) in [5.41, 5.74) is 1.34. The van der Waals surface area contributed by atoms with Gasteiger partial charge in [-0.1, -0.05) is 12.1 Å². The van der Waals surface area contributed by atoms with E-state index in [0.29, 0.717) is 30.3 Å². The summed E-state index contributed by atoms with van der Waals surface area (Å²) in [7, 11) is 0. The zero-order chi connectivity index (χ0) is 16.1. The van der Waals surface area contributed by atoms with E-state index >= 15 is 0 Å². The molecule has 0 saturated heterocycles. The topological polar surface area (TPSA) is 74.8 Å². The molecular weight excluding hydrogens is 278 g/mol. The van der Waals surface area contributed by atoms with E-state index in [1.54, 1.807) is 27.7 Å². The molecule has 0 fully saturated rings. The van der Waals surface area contributed by atoms with Crippen molar-refractivity contribution in [2.75, 3.05) is 13.1 Å². The number of hydrogen-bond acceptors (Lipinski definition) is 4. The molecule has 0 atom stereocenters. The molecule has 1 aromatic heterocycles. The molecule has 0 radical (unpaired) electrons. The van der Waals surface area contributed by atoms with Crippen molar-refractivity contribution >= 4 is 5.91 Å². The highest BCUT2D eigenvalue weighted by Gasteiger charge is 2.17. The number of nitrogens with zero attached hydrogens (tertiary/aromatic N) is 5. The standard InChI is InChI=1S/C16H19N5O/c1-4-20(5-2)15(22)11-21-12(3)18-19-16(21)14-8-6-7-13(9-14)10-17/h6-9H,4-5,11H2,1-3H3. The van der Waals surface area contributed by atoms with Crippen molar-refractivity contribution in [2.45, 2.75) is 27.3 Å². The van der Waals surface area contributed by atoms with E-state index in [9.17, 15) is 4.79 Å². The summed E-state index contributed by atoms with van der Waals surface area (Å²) in [5, 5.41) is 17.2. The molecule has 0 aliphatic heterocycles. The Labute approximate surface area is 130 Å². The van der Waals surface area contributed by atoms with Crippen LogP contribution in [0.2, 0.25) is 0 Å². The largest absolute Gasteiger partial charge is 0.342 e. The van der Waals surface area contributed by atoms with Crippen LogP contribution >= 0.6 is 0 Å². The Balaban J connectivity index is 2.36. The highest BCUT2D eigenvalue weighted by atomic mass is 16.2. The van der Waals surface area contributed by atoms with Crippen LogP contribution in [-0.2, 0) is 11.3 Å². The number of likely N-dealkylation sites (N-methyl/N-ethyl adjacent to an activating group) is 1. The van der Waals surface area contributed by atoms with Gasteiger partial charge in [-0.2, -0.15) is 5.26 Å². The predicted octanol–water partition coefficient (Wildman–Crippen LogP) is 1.99. The molecule has 0 unspecified atom stereocenters. The lowest BCUT2D eigenvalue weighted by molar-refractivity contribution is -0.131. The van der Waals surface area contributed by atoms with E-state index in [0.717, 1.165) is 5.56 Å². The summed E-state index contributed by atoms with van der Waals surface area (Å²) >= 11 is 0. The smallest absolute Gasteiger partial charge is 0.242 e. The molecule has 2 aromatic rings. The number of nitriles is 1. The second kappa shape index (κ2) is 6.85. The first-order valence-electron chi connectivity index (χ1n) is 7.28. The highest BCUT2D eigenvalue weighted by Crippen LogP contribution is 2.19. The zero-order valence-electron chi connectivity index (χ0n) is 13.1. The minimum atomic E-state index is 0.0330. The molecule has 6 nitrogen and oxygen atoms in total. The van der Waals surface area contributed by atoms with Crippen molar-refractivity contribution in [1.29, 1.82) is 5.26 Å². The van der Waals surface area contributed by atoms with Crippen LogP contribution in [0.1, 0.15) is 25.2 Å². The van der Waals surface area contributed by atoms with Crippen LogP contribution in [0, 0.1) is 18.3 Å². The summed E-state index contributed by atoms with van der Waals surface area (Å²) in [6, 6.07) is 9.26. The molecule has 2 rings (SSSR count). The lowest BCUT2D eigenvalue weighted by Crippen LogP contribution is -2.33. The first kappa shape index (κ1) is 15.7. The Morgan fingerprint density at radius 2 is 2.05 bits per heavy atom. The van der Waals surface area contributed by atoms with Crippen LogP contribution in [0.4, 0.5) is 0 Å². The summed E-state index contributed by atoms with van der Waals surface area (Å²) < 4.78 is 1.79. The Bertz CT molecular complexity index is 710. The van der Waals surface area contributed by atoms with Crippen LogP contribution in [0.25, 0.3) is 11.4 Å². The van der Waals surface area contributed by atoms with Gasteiger partial charge in [-0.3, -0.25) is 4.79 Å². The van der Waals surface area contributed by atoms with Crippen LogP contribution in [0.3, 0.4) is 0 Å². The third-order valence-corrected chi connectivity index (χ3v) is 3.60. The lowest BCUT2D eigenvalue weighted by atomic mass is 10.1. The number of benzene rings is 1. The van der Waals surface area contributed by atoms with E-state index in [1.807, 2.05) is 26.8 Å². The third-order valence-electron chi connectivity index (χ3n) is 3.60. The predicted molar refractivity (Wildman–Crippen MR) is 82.8 cm³/mol. The van der Waals surface area contributed by atoms with E-state index < -0.39 is 0 Å². The van der Waals surface area contributed by atoms with Crippen LogP contribution in [0.15, 0.2) is 24.3 Å². The summed E-state index contributed by atoms with van der Waals surface area (Å²) in [6.07, 6.45) is 0. The van der Waals surface area contributed by atoms with E-state index in [1.165, 1.54) is 0 Å². The van der Waals surface area contributed by atoms with Crippen molar-refractivity contribution in [3.8, 4) is 17.5 Å².